The zero-order valence-electron chi connectivity index (χ0n) is 22.4. The van der Waals surface area contributed by atoms with Crippen LogP contribution < -0.4 is 21.5 Å². The van der Waals surface area contributed by atoms with Gasteiger partial charge in [0.25, 0.3) is 5.91 Å². The molecule has 5 rings (SSSR count). The Balaban J connectivity index is 0.00000370. The number of anilines is 1. The van der Waals surface area contributed by atoms with Gasteiger partial charge in [-0.15, -0.1) is 24.2 Å². The van der Waals surface area contributed by atoms with E-state index in [0.29, 0.717) is 17.0 Å². The first-order valence-electron chi connectivity index (χ1n) is 12.9. The van der Waals surface area contributed by atoms with Crippen LogP contribution in [0, 0.1) is 6.92 Å². The zero-order chi connectivity index (χ0) is 27.6. The minimum Gasteiger partial charge on any atom is -0.507 e. The second-order valence-electron chi connectivity index (χ2n) is 10.0. The Kier molecular flexibility index (Phi) is 8.81. The lowest BCUT2D eigenvalue weighted by molar-refractivity contribution is 0.0641. The average molecular weight is 577 g/mol. The maximum absolute atomic E-state index is 12.6. The van der Waals surface area contributed by atoms with Gasteiger partial charge < -0.3 is 26.6 Å². The number of benzene rings is 4. The number of ether oxygens (including phenoxy) is 1. The van der Waals surface area contributed by atoms with Gasteiger partial charge in [0.2, 0.25) is 0 Å². The highest BCUT2D eigenvalue weighted by atomic mass is 35.5. The first kappa shape index (κ1) is 29.1. The quantitative estimate of drug-likeness (QED) is 0.110. The first-order chi connectivity index (χ1) is 18.7. The minimum atomic E-state index is -0.281. The summed E-state index contributed by atoms with van der Waals surface area (Å²) in [4.78, 5) is 17.7. The van der Waals surface area contributed by atoms with Crippen molar-refractivity contribution >= 4 is 58.2 Å². The Bertz CT molecular complexity index is 1550. The Morgan fingerprint density at radius 3 is 2.40 bits per heavy atom. The summed E-state index contributed by atoms with van der Waals surface area (Å²) >= 11 is 1.77. The Morgan fingerprint density at radius 1 is 1.05 bits per heavy atom. The van der Waals surface area contributed by atoms with Crippen molar-refractivity contribution in [3.63, 3.8) is 0 Å². The van der Waals surface area contributed by atoms with Crippen molar-refractivity contribution in [1.29, 1.82) is 0 Å². The summed E-state index contributed by atoms with van der Waals surface area (Å²) in [6, 6.07) is 22.5. The number of nitrogens with one attached hydrogen (secondary N) is 1. The topological polar surface area (TPSA) is 123 Å². The Labute approximate surface area is 244 Å². The number of halogens is 1. The molecule has 7 nitrogen and oxygen atoms in total. The van der Waals surface area contributed by atoms with Gasteiger partial charge in [0.15, 0.2) is 5.96 Å². The normalized spacial score (nSPS) is 15.8. The number of amides is 1. The molecule has 1 atom stereocenters. The van der Waals surface area contributed by atoms with Crippen LogP contribution in [0.5, 0.6) is 11.5 Å². The molecular weight excluding hydrogens is 544 g/mol. The molecule has 6 N–H and O–H groups in total. The number of rotatable bonds is 7. The average Bonchev–Trinajstić information content (AvgIpc) is 2.92. The van der Waals surface area contributed by atoms with Crippen LogP contribution in [-0.2, 0) is 6.42 Å². The molecule has 0 saturated heterocycles. The predicted molar refractivity (Wildman–Crippen MR) is 167 cm³/mol. The number of aliphatic imine (C=N–C) groups is 1. The summed E-state index contributed by atoms with van der Waals surface area (Å²) in [5.74, 6) is 1.93. The number of nitrogens with zero attached hydrogens (tertiary/aromatic N) is 1. The van der Waals surface area contributed by atoms with E-state index in [9.17, 15) is 9.90 Å². The maximum Gasteiger partial charge on any atom is 0.255 e. The van der Waals surface area contributed by atoms with Gasteiger partial charge in [-0.05, 0) is 87.2 Å². The molecule has 9 heteroatoms. The van der Waals surface area contributed by atoms with Gasteiger partial charge in [0.05, 0.1) is 5.69 Å². The molecule has 4 aromatic rings. The fourth-order valence-electron chi connectivity index (χ4n) is 4.90. The third kappa shape index (κ3) is 6.29. The number of phenols is 1. The molecule has 1 aliphatic heterocycles. The minimum absolute atomic E-state index is 0. The lowest BCUT2D eigenvalue weighted by Crippen LogP contribution is -2.37. The van der Waals surface area contributed by atoms with E-state index >= 15 is 0 Å². The van der Waals surface area contributed by atoms with Crippen LogP contribution in [0.4, 0.5) is 11.4 Å². The number of nitrogens with two attached hydrogens (primary N) is 2. The molecule has 1 unspecified atom stereocenters. The summed E-state index contributed by atoms with van der Waals surface area (Å²) in [6.07, 6.45) is 2.67. The van der Waals surface area contributed by atoms with E-state index in [2.05, 4.69) is 17.2 Å². The molecule has 1 aliphatic rings. The number of hydrogen-bond donors (Lipinski definition) is 4. The van der Waals surface area contributed by atoms with Gasteiger partial charge in [-0.2, -0.15) is 0 Å². The van der Waals surface area contributed by atoms with Crippen LogP contribution in [0.15, 0.2) is 82.7 Å². The highest BCUT2D eigenvalue weighted by Crippen LogP contribution is 2.46. The largest absolute Gasteiger partial charge is 0.507 e. The lowest BCUT2D eigenvalue weighted by atomic mass is 9.86. The number of phenolic OH excluding ortho intramolecular Hbond substituents is 1. The third-order valence-electron chi connectivity index (χ3n) is 7.16. The van der Waals surface area contributed by atoms with E-state index in [1.54, 1.807) is 36.0 Å². The smallest absolute Gasteiger partial charge is 0.255 e. The van der Waals surface area contributed by atoms with Crippen molar-refractivity contribution < 1.29 is 14.6 Å². The summed E-state index contributed by atoms with van der Waals surface area (Å²) in [5.41, 5.74) is 14.4. The number of aromatic hydroxyl groups is 1. The zero-order valence-corrected chi connectivity index (χ0v) is 24.1. The number of carbonyl (C=O) groups is 1. The second-order valence-corrected chi connectivity index (χ2v) is 11.2. The van der Waals surface area contributed by atoms with Crippen molar-refractivity contribution in [2.24, 2.45) is 16.5 Å². The van der Waals surface area contributed by atoms with E-state index in [1.165, 1.54) is 0 Å². The van der Waals surface area contributed by atoms with Crippen LogP contribution in [0.3, 0.4) is 0 Å². The summed E-state index contributed by atoms with van der Waals surface area (Å²) in [7, 11) is 0. The molecule has 0 bridgehead atoms. The van der Waals surface area contributed by atoms with Gasteiger partial charge in [-0.1, -0.05) is 24.3 Å². The molecule has 0 spiro atoms. The maximum atomic E-state index is 12.6. The van der Waals surface area contributed by atoms with Crippen molar-refractivity contribution in [2.45, 2.75) is 43.6 Å². The van der Waals surface area contributed by atoms with Crippen LogP contribution in [0.25, 0.3) is 10.8 Å². The van der Waals surface area contributed by atoms with Crippen molar-refractivity contribution in [2.75, 3.05) is 11.1 Å². The molecule has 0 aliphatic carbocycles. The molecule has 1 heterocycles. The van der Waals surface area contributed by atoms with Crippen molar-refractivity contribution in [3.05, 3.63) is 89.5 Å². The highest BCUT2D eigenvalue weighted by molar-refractivity contribution is 7.99. The third-order valence-corrected chi connectivity index (χ3v) is 8.17. The first-order valence-corrected chi connectivity index (χ1v) is 13.9. The van der Waals surface area contributed by atoms with Crippen LogP contribution in [-0.4, -0.2) is 28.3 Å². The van der Waals surface area contributed by atoms with Gasteiger partial charge in [0, 0.05) is 38.2 Å². The van der Waals surface area contributed by atoms with Crippen molar-refractivity contribution in [3.8, 4) is 11.5 Å². The van der Waals surface area contributed by atoms with Gasteiger partial charge >= 0.3 is 0 Å². The summed E-state index contributed by atoms with van der Waals surface area (Å²) < 4.78 is 6.65. The van der Waals surface area contributed by atoms with E-state index in [1.807, 2.05) is 55.5 Å². The number of hydrogen-bond acceptors (Lipinski definition) is 5. The molecular formula is C31H33ClN4O3S. The molecule has 0 fully saturated rings. The number of thioether (sulfide) groups is 1. The van der Waals surface area contributed by atoms with Crippen LogP contribution in [0.1, 0.15) is 41.3 Å². The van der Waals surface area contributed by atoms with Gasteiger partial charge in [0.1, 0.15) is 17.1 Å². The SMILES string of the molecule is Cc1c2c(c3ccccc3c1O)OC(C)(CCSc1ccc(NC(=O)c3ccc(N=C(N)N)cc3)cc1)CC2.Cl. The molecule has 208 valence electrons. The van der Waals surface area contributed by atoms with Gasteiger partial charge in [-0.3, -0.25) is 4.79 Å². The molecule has 0 aromatic heterocycles. The number of fused-ring (bicyclic) bond motifs is 3. The standard InChI is InChI=1S/C31H32N4O3S.ClH/c1-19-24-15-16-31(2,38-28(24)26-6-4-3-5-25(26)27(19)36)17-18-39-23-13-11-21(12-14-23)34-29(37)20-7-9-22(10-8-20)35-30(32)33;/h3-14,36H,15-18H2,1-2H3,(H,34,37)(H4,32,33,35);1H. The Hall–Kier alpha value is -3.88. The van der Waals surface area contributed by atoms with Crippen molar-refractivity contribution in [1.82, 2.24) is 0 Å². The number of carbonyl (C=O) groups excluding carboxylic acids is 1. The monoisotopic (exact) mass is 576 g/mol. The fourth-order valence-corrected chi connectivity index (χ4v) is 6.00. The molecule has 40 heavy (non-hydrogen) atoms. The van der Waals surface area contributed by atoms with E-state index in [4.69, 9.17) is 16.2 Å². The highest BCUT2D eigenvalue weighted by Gasteiger charge is 2.34. The van der Waals surface area contributed by atoms with E-state index in [-0.39, 0.29) is 29.9 Å². The predicted octanol–water partition coefficient (Wildman–Crippen LogP) is 6.70. The molecule has 1 amide bonds. The fraction of sp³-hybridized carbons (Fsp3) is 0.226. The molecule has 0 saturated carbocycles. The van der Waals surface area contributed by atoms with E-state index < -0.39 is 0 Å². The summed E-state index contributed by atoms with van der Waals surface area (Å²) in [6.45, 7) is 4.15. The molecule has 4 aromatic carbocycles. The Morgan fingerprint density at radius 2 is 1.73 bits per heavy atom. The lowest BCUT2D eigenvalue weighted by Gasteiger charge is -2.37. The molecule has 0 radical (unpaired) electrons. The second kappa shape index (κ2) is 12.1. The van der Waals surface area contributed by atoms with Crippen LogP contribution >= 0.6 is 24.2 Å². The number of guanidine groups is 1. The van der Waals surface area contributed by atoms with Crippen LogP contribution in [0.2, 0.25) is 0 Å². The van der Waals surface area contributed by atoms with E-state index in [0.717, 1.165) is 63.2 Å². The van der Waals surface area contributed by atoms with Gasteiger partial charge in [-0.25, -0.2) is 4.99 Å². The summed E-state index contributed by atoms with van der Waals surface area (Å²) in [5, 5.41) is 15.4.